The molecule has 0 amide bonds. The van der Waals surface area contributed by atoms with Gasteiger partial charge >= 0.3 is 0 Å². The first-order chi connectivity index (χ1) is 7.72. The molecule has 2 heterocycles. The van der Waals surface area contributed by atoms with E-state index in [0.717, 1.165) is 0 Å². The molecule has 86 valence electrons. The van der Waals surface area contributed by atoms with Gasteiger partial charge in [-0.25, -0.2) is 4.98 Å². The van der Waals surface area contributed by atoms with Crippen LogP contribution in [0.25, 0.3) is 11.6 Å². The molecule has 0 aromatic carbocycles. The minimum Gasteiger partial charge on any atom is -0.396 e. The van der Waals surface area contributed by atoms with Gasteiger partial charge in [0.2, 0.25) is 11.7 Å². The summed E-state index contributed by atoms with van der Waals surface area (Å²) in [5.41, 5.74) is 5.73. The Kier molecular flexibility index (Phi) is 2.97. The van der Waals surface area contributed by atoms with Crippen LogP contribution in [0.5, 0.6) is 0 Å². The molecule has 0 saturated carbocycles. The lowest BCUT2D eigenvalue weighted by Gasteiger charge is -2.01. The van der Waals surface area contributed by atoms with Crippen LogP contribution in [-0.4, -0.2) is 31.4 Å². The van der Waals surface area contributed by atoms with E-state index in [9.17, 15) is 0 Å². The van der Waals surface area contributed by atoms with Gasteiger partial charge in [0.1, 0.15) is 0 Å². The van der Waals surface area contributed by atoms with Crippen molar-refractivity contribution in [2.75, 3.05) is 6.61 Å². The number of hydrogen-bond acceptors (Lipinski definition) is 6. The number of nitrogens with two attached hydrogens (primary N) is 1. The number of aryl methyl sites for hydroxylation is 1. The number of aliphatic hydroxyl groups excluding tert-OH is 1. The van der Waals surface area contributed by atoms with Crippen molar-refractivity contribution in [2.45, 2.75) is 12.5 Å². The van der Waals surface area contributed by atoms with Gasteiger partial charge in [0.15, 0.2) is 5.82 Å². The fourth-order valence-electron chi connectivity index (χ4n) is 1.32. The third kappa shape index (κ3) is 1.95. The zero-order valence-electron chi connectivity index (χ0n) is 8.87. The van der Waals surface area contributed by atoms with Crippen LogP contribution in [0.2, 0.25) is 0 Å². The van der Waals surface area contributed by atoms with E-state index in [4.69, 9.17) is 15.4 Å². The Morgan fingerprint density at radius 2 is 2.44 bits per heavy atom. The molecule has 0 radical (unpaired) electrons. The van der Waals surface area contributed by atoms with Crippen LogP contribution < -0.4 is 5.73 Å². The molecule has 2 aromatic heterocycles. The lowest BCUT2D eigenvalue weighted by atomic mass is 10.2. The van der Waals surface area contributed by atoms with E-state index in [1.807, 2.05) is 7.05 Å². The van der Waals surface area contributed by atoms with Gasteiger partial charge < -0.3 is 19.9 Å². The van der Waals surface area contributed by atoms with Gasteiger partial charge in [-0.1, -0.05) is 5.16 Å². The van der Waals surface area contributed by atoms with Crippen molar-refractivity contribution in [2.24, 2.45) is 12.8 Å². The third-order valence-electron chi connectivity index (χ3n) is 2.22. The van der Waals surface area contributed by atoms with Crippen molar-refractivity contribution in [1.82, 2.24) is 19.7 Å². The van der Waals surface area contributed by atoms with E-state index in [1.54, 1.807) is 17.0 Å². The summed E-state index contributed by atoms with van der Waals surface area (Å²) >= 11 is 0. The summed E-state index contributed by atoms with van der Waals surface area (Å²) < 4.78 is 6.79. The SMILES string of the molecule is Cn1ccnc1-c1noc(C(N)CCO)n1. The highest BCUT2D eigenvalue weighted by Gasteiger charge is 2.17. The minimum absolute atomic E-state index is 0.0126. The maximum atomic E-state index is 8.75. The lowest BCUT2D eigenvalue weighted by Crippen LogP contribution is -2.12. The standard InChI is InChI=1S/C9H13N5O2/c1-14-4-3-11-8(14)7-12-9(16-13-7)6(10)2-5-15/h3-4,6,15H,2,5,10H2,1H3. The molecule has 16 heavy (non-hydrogen) atoms. The molecule has 1 atom stereocenters. The van der Waals surface area contributed by atoms with Crippen molar-refractivity contribution in [3.05, 3.63) is 18.3 Å². The summed E-state index contributed by atoms with van der Waals surface area (Å²) in [5, 5.41) is 12.5. The summed E-state index contributed by atoms with van der Waals surface area (Å²) in [6.07, 6.45) is 3.83. The zero-order valence-corrected chi connectivity index (χ0v) is 8.87. The molecule has 0 fully saturated rings. The Hall–Kier alpha value is -1.73. The Bertz CT molecular complexity index is 464. The Labute approximate surface area is 91.9 Å². The van der Waals surface area contributed by atoms with Gasteiger partial charge in [0.05, 0.1) is 6.04 Å². The molecule has 2 rings (SSSR count). The summed E-state index contributed by atoms with van der Waals surface area (Å²) in [5.74, 6) is 1.33. The first-order valence-electron chi connectivity index (χ1n) is 4.90. The highest BCUT2D eigenvalue weighted by molar-refractivity contribution is 5.42. The average molecular weight is 223 g/mol. The third-order valence-corrected chi connectivity index (χ3v) is 2.22. The quantitative estimate of drug-likeness (QED) is 0.747. The predicted molar refractivity (Wildman–Crippen MR) is 55.1 cm³/mol. The fraction of sp³-hybridized carbons (Fsp3) is 0.444. The number of hydrogen-bond donors (Lipinski definition) is 2. The van der Waals surface area contributed by atoms with Crippen LogP contribution in [0.15, 0.2) is 16.9 Å². The van der Waals surface area contributed by atoms with E-state index in [0.29, 0.717) is 24.0 Å². The normalized spacial score (nSPS) is 12.9. The fourth-order valence-corrected chi connectivity index (χ4v) is 1.32. The molecule has 0 aliphatic heterocycles. The molecule has 7 heteroatoms. The van der Waals surface area contributed by atoms with Gasteiger partial charge in [-0.15, -0.1) is 0 Å². The molecule has 2 aromatic rings. The van der Waals surface area contributed by atoms with Crippen molar-refractivity contribution in [3.8, 4) is 11.6 Å². The number of aliphatic hydroxyl groups is 1. The second-order valence-electron chi connectivity index (χ2n) is 3.44. The maximum Gasteiger partial charge on any atom is 0.244 e. The number of rotatable bonds is 4. The predicted octanol–water partition coefficient (Wildman–Crippen LogP) is -0.148. The second kappa shape index (κ2) is 4.42. The summed E-state index contributed by atoms with van der Waals surface area (Å²) in [6, 6.07) is -0.438. The minimum atomic E-state index is -0.438. The van der Waals surface area contributed by atoms with Crippen LogP contribution in [0, 0.1) is 0 Å². The van der Waals surface area contributed by atoms with Gasteiger partial charge in [0, 0.05) is 26.0 Å². The molecular weight excluding hydrogens is 210 g/mol. The van der Waals surface area contributed by atoms with E-state index in [-0.39, 0.29) is 6.61 Å². The number of imidazole rings is 1. The largest absolute Gasteiger partial charge is 0.396 e. The number of nitrogens with zero attached hydrogens (tertiary/aromatic N) is 4. The van der Waals surface area contributed by atoms with E-state index >= 15 is 0 Å². The van der Waals surface area contributed by atoms with Crippen molar-refractivity contribution < 1.29 is 9.63 Å². The first-order valence-corrected chi connectivity index (χ1v) is 4.90. The smallest absolute Gasteiger partial charge is 0.244 e. The van der Waals surface area contributed by atoms with Crippen LogP contribution in [-0.2, 0) is 7.05 Å². The molecule has 0 saturated heterocycles. The Morgan fingerprint density at radius 1 is 1.62 bits per heavy atom. The monoisotopic (exact) mass is 223 g/mol. The van der Waals surface area contributed by atoms with E-state index in [2.05, 4.69) is 15.1 Å². The van der Waals surface area contributed by atoms with E-state index in [1.165, 1.54) is 0 Å². The van der Waals surface area contributed by atoms with E-state index < -0.39 is 6.04 Å². The molecule has 0 spiro atoms. The topological polar surface area (TPSA) is 103 Å². The molecular formula is C9H13N5O2. The van der Waals surface area contributed by atoms with Gasteiger partial charge in [0.25, 0.3) is 0 Å². The average Bonchev–Trinajstić information content (AvgIpc) is 2.86. The van der Waals surface area contributed by atoms with Crippen molar-refractivity contribution >= 4 is 0 Å². The Morgan fingerprint density at radius 3 is 3.06 bits per heavy atom. The molecule has 1 unspecified atom stereocenters. The summed E-state index contributed by atoms with van der Waals surface area (Å²) in [7, 11) is 1.84. The van der Waals surface area contributed by atoms with Crippen LogP contribution in [0.4, 0.5) is 0 Å². The molecule has 0 aliphatic rings. The molecule has 3 N–H and O–H groups in total. The number of aromatic nitrogens is 4. The zero-order chi connectivity index (χ0) is 11.5. The van der Waals surface area contributed by atoms with Crippen LogP contribution in [0.3, 0.4) is 0 Å². The van der Waals surface area contributed by atoms with Crippen molar-refractivity contribution in [1.29, 1.82) is 0 Å². The summed E-state index contributed by atoms with van der Waals surface area (Å²) in [4.78, 5) is 8.23. The van der Waals surface area contributed by atoms with Gasteiger partial charge in [-0.3, -0.25) is 0 Å². The maximum absolute atomic E-state index is 8.75. The Balaban J connectivity index is 2.23. The summed E-state index contributed by atoms with van der Waals surface area (Å²) in [6.45, 7) is -0.0126. The second-order valence-corrected chi connectivity index (χ2v) is 3.44. The van der Waals surface area contributed by atoms with Gasteiger partial charge in [-0.05, 0) is 6.42 Å². The highest BCUT2D eigenvalue weighted by atomic mass is 16.5. The highest BCUT2D eigenvalue weighted by Crippen LogP contribution is 2.16. The van der Waals surface area contributed by atoms with Crippen molar-refractivity contribution in [3.63, 3.8) is 0 Å². The molecule has 0 bridgehead atoms. The van der Waals surface area contributed by atoms with Crippen LogP contribution in [0.1, 0.15) is 18.4 Å². The molecule has 7 nitrogen and oxygen atoms in total. The molecule has 0 aliphatic carbocycles. The van der Waals surface area contributed by atoms with Gasteiger partial charge in [-0.2, -0.15) is 4.98 Å². The van der Waals surface area contributed by atoms with Crippen LogP contribution >= 0.6 is 0 Å². The first kappa shape index (κ1) is 10.8. The lowest BCUT2D eigenvalue weighted by molar-refractivity contribution is 0.259.